The number of amides is 1. The van der Waals surface area contributed by atoms with Crippen LogP contribution < -0.4 is 5.32 Å². The third-order valence-electron chi connectivity index (χ3n) is 2.08. The van der Waals surface area contributed by atoms with E-state index in [2.05, 4.69) is 5.32 Å². The highest BCUT2D eigenvalue weighted by Gasteiger charge is 2.30. The quantitative estimate of drug-likeness (QED) is 0.596. The Hall–Kier alpha value is -0.660. The Morgan fingerprint density at radius 1 is 1.31 bits per heavy atom. The van der Waals surface area contributed by atoms with Gasteiger partial charge in [-0.25, -0.2) is 0 Å². The zero-order valence-corrected chi connectivity index (χ0v) is 9.88. The molecule has 1 heterocycles. The van der Waals surface area contributed by atoms with Gasteiger partial charge in [0.2, 0.25) is 0 Å². The van der Waals surface area contributed by atoms with Crippen LogP contribution in [-0.4, -0.2) is 46.6 Å². The Balaban J connectivity index is 2.76. The van der Waals surface area contributed by atoms with Crippen molar-refractivity contribution >= 4 is 28.8 Å². The minimum absolute atomic E-state index is 0.352. The molecule has 1 amide bonds. The lowest BCUT2D eigenvalue weighted by Gasteiger charge is -2.28. The molecule has 0 radical (unpaired) electrons. The first-order valence-electron chi connectivity index (χ1n) is 4.47. The number of halogens is 1. The van der Waals surface area contributed by atoms with Crippen LogP contribution in [0.3, 0.4) is 0 Å². The van der Waals surface area contributed by atoms with Crippen LogP contribution in [0.2, 0.25) is 4.34 Å². The fourth-order valence-electron chi connectivity index (χ4n) is 1.01. The van der Waals surface area contributed by atoms with Crippen molar-refractivity contribution in [3.8, 4) is 0 Å². The zero-order chi connectivity index (χ0) is 12.2. The Morgan fingerprint density at radius 3 is 2.25 bits per heavy atom. The van der Waals surface area contributed by atoms with Crippen LogP contribution in [0.5, 0.6) is 0 Å². The number of carbonyl (C=O) groups is 1. The minimum Gasteiger partial charge on any atom is -0.394 e. The first kappa shape index (κ1) is 13.4. The van der Waals surface area contributed by atoms with Gasteiger partial charge in [0.15, 0.2) is 0 Å². The summed E-state index contributed by atoms with van der Waals surface area (Å²) >= 11 is 6.74. The molecule has 1 aromatic rings. The Morgan fingerprint density at radius 2 is 1.88 bits per heavy atom. The molecule has 0 saturated carbocycles. The van der Waals surface area contributed by atoms with Crippen LogP contribution in [0.4, 0.5) is 0 Å². The number of rotatable bonds is 5. The molecule has 0 aliphatic rings. The first-order valence-corrected chi connectivity index (χ1v) is 5.67. The minimum atomic E-state index is -1.41. The molecule has 1 rings (SSSR count). The van der Waals surface area contributed by atoms with Crippen molar-refractivity contribution in [2.24, 2.45) is 0 Å². The number of aliphatic hydroxyl groups is 3. The summed E-state index contributed by atoms with van der Waals surface area (Å²) in [5.41, 5.74) is -1.41. The molecule has 1 aromatic heterocycles. The summed E-state index contributed by atoms with van der Waals surface area (Å²) in [7, 11) is 0. The van der Waals surface area contributed by atoms with E-state index < -0.39 is 31.3 Å². The van der Waals surface area contributed by atoms with Gasteiger partial charge in [0.05, 0.1) is 29.0 Å². The largest absolute Gasteiger partial charge is 0.394 e. The number of aliphatic hydroxyl groups excluding tert-OH is 3. The van der Waals surface area contributed by atoms with Crippen molar-refractivity contribution in [3.63, 3.8) is 0 Å². The molecule has 0 fully saturated rings. The lowest BCUT2D eigenvalue weighted by atomic mass is 10.0. The van der Waals surface area contributed by atoms with Crippen molar-refractivity contribution in [2.75, 3.05) is 19.8 Å². The molecule has 4 N–H and O–H groups in total. The van der Waals surface area contributed by atoms with Gasteiger partial charge < -0.3 is 20.6 Å². The Labute approximate surface area is 101 Å². The molecule has 16 heavy (non-hydrogen) atoms. The van der Waals surface area contributed by atoms with E-state index in [1.807, 2.05) is 0 Å². The van der Waals surface area contributed by atoms with Crippen molar-refractivity contribution in [3.05, 3.63) is 21.3 Å². The normalized spacial score (nSPS) is 11.5. The Bertz CT molecular complexity index is 356. The molecule has 0 aliphatic carbocycles. The van der Waals surface area contributed by atoms with Gasteiger partial charge in [-0.2, -0.15) is 0 Å². The van der Waals surface area contributed by atoms with Crippen LogP contribution in [0.1, 0.15) is 9.67 Å². The molecule has 0 unspecified atom stereocenters. The van der Waals surface area contributed by atoms with Gasteiger partial charge in [-0.3, -0.25) is 4.79 Å². The molecule has 0 atom stereocenters. The van der Waals surface area contributed by atoms with Crippen LogP contribution in [0.25, 0.3) is 0 Å². The maximum atomic E-state index is 11.7. The van der Waals surface area contributed by atoms with Crippen LogP contribution in [-0.2, 0) is 0 Å². The maximum Gasteiger partial charge on any atom is 0.262 e. The van der Waals surface area contributed by atoms with E-state index in [0.717, 1.165) is 11.3 Å². The summed E-state index contributed by atoms with van der Waals surface area (Å²) in [6.45, 7) is -1.65. The van der Waals surface area contributed by atoms with E-state index in [0.29, 0.717) is 9.21 Å². The average molecular weight is 266 g/mol. The van der Waals surface area contributed by atoms with Gasteiger partial charge in [-0.05, 0) is 12.1 Å². The molecule has 0 spiro atoms. The summed E-state index contributed by atoms with van der Waals surface area (Å²) < 4.78 is 0.466. The second kappa shape index (κ2) is 5.60. The van der Waals surface area contributed by atoms with Crippen LogP contribution in [0.15, 0.2) is 12.1 Å². The smallest absolute Gasteiger partial charge is 0.262 e. The van der Waals surface area contributed by atoms with E-state index in [-0.39, 0.29) is 0 Å². The van der Waals surface area contributed by atoms with Crippen molar-refractivity contribution in [2.45, 2.75) is 5.54 Å². The molecule has 7 heteroatoms. The fraction of sp³-hybridized carbons (Fsp3) is 0.444. The SMILES string of the molecule is O=C(NC(CO)(CO)CO)c1ccc(Cl)s1. The second-order valence-electron chi connectivity index (χ2n) is 3.31. The Kier molecular flexibility index (Phi) is 4.69. The third kappa shape index (κ3) is 2.93. The van der Waals surface area contributed by atoms with E-state index in [1.165, 1.54) is 6.07 Å². The van der Waals surface area contributed by atoms with E-state index in [9.17, 15) is 4.79 Å². The molecular formula is C9H12ClNO4S. The summed E-state index contributed by atoms with van der Waals surface area (Å²) in [5, 5.41) is 29.4. The molecule has 90 valence electrons. The summed E-state index contributed by atoms with van der Waals surface area (Å²) in [5.74, 6) is -0.492. The predicted molar refractivity (Wildman–Crippen MR) is 60.8 cm³/mol. The third-order valence-corrected chi connectivity index (χ3v) is 3.31. The van der Waals surface area contributed by atoms with Crippen molar-refractivity contribution in [1.29, 1.82) is 0 Å². The van der Waals surface area contributed by atoms with Gasteiger partial charge >= 0.3 is 0 Å². The summed E-state index contributed by atoms with van der Waals surface area (Å²) in [6.07, 6.45) is 0. The summed E-state index contributed by atoms with van der Waals surface area (Å²) in [4.78, 5) is 12.0. The number of carbonyl (C=O) groups excluding carboxylic acids is 1. The standard InChI is InChI=1S/C9H12ClNO4S/c10-7-2-1-6(16-7)8(15)11-9(3-12,4-13)5-14/h1-2,12-14H,3-5H2,(H,11,15). The highest BCUT2D eigenvalue weighted by molar-refractivity contribution is 7.18. The van der Waals surface area contributed by atoms with Gasteiger partial charge in [0.25, 0.3) is 5.91 Å². The van der Waals surface area contributed by atoms with Gasteiger partial charge in [-0.1, -0.05) is 11.6 Å². The highest BCUT2D eigenvalue weighted by Crippen LogP contribution is 2.21. The van der Waals surface area contributed by atoms with E-state index >= 15 is 0 Å². The maximum absolute atomic E-state index is 11.7. The lowest BCUT2D eigenvalue weighted by molar-refractivity contribution is 0.0377. The van der Waals surface area contributed by atoms with Crippen molar-refractivity contribution < 1.29 is 20.1 Å². The predicted octanol–water partition coefficient (Wildman–Crippen LogP) is -0.153. The number of hydrogen-bond donors (Lipinski definition) is 4. The van der Waals surface area contributed by atoms with Crippen LogP contribution in [0, 0.1) is 0 Å². The molecule has 0 aromatic carbocycles. The average Bonchev–Trinajstić information content (AvgIpc) is 2.73. The molecule has 0 bridgehead atoms. The van der Waals surface area contributed by atoms with Crippen LogP contribution >= 0.6 is 22.9 Å². The molecule has 0 saturated heterocycles. The molecule has 5 nitrogen and oxygen atoms in total. The van der Waals surface area contributed by atoms with E-state index in [4.69, 9.17) is 26.9 Å². The summed E-state index contributed by atoms with van der Waals surface area (Å²) in [6, 6.07) is 3.10. The van der Waals surface area contributed by atoms with E-state index in [1.54, 1.807) is 6.07 Å². The fourth-order valence-corrected chi connectivity index (χ4v) is 1.95. The second-order valence-corrected chi connectivity index (χ2v) is 5.03. The topological polar surface area (TPSA) is 89.8 Å². The highest BCUT2D eigenvalue weighted by atomic mass is 35.5. The van der Waals surface area contributed by atoms with Crippen molar-refractivity contribution in [1.82, 2.24) is 5.32 Å². The van der Waals surface area contributed by atoms with Gasteiger partial charge in [0.1, 0.15) is 5.54 Å². The number of hydrogen-bond acceptors (Lipinski definition) is 5. The van der Waals surface area contributed by atoms with Gasteiger partial charge in [-0.15, -0.1) is 11.3 Å². The number of nitrogens with one attached hydrogen (secondary N) is 1. The molecular weight excluding hydrogens is 254 g/mol. The monoisotopic (exact) mass is 265 g/mol. The number of thiophene rings is 1. The van der Waals surface area contributed by atoms with Gasteiger partial charge in [0, 0.05) is 0 Å². The first-order chi connectivity index (χ1) is 7.56. The molecule has 0 aliphatic heterocycles. The zero-order valence-electron chi connectivity index (χ0n) is 8.31. The lowest BCUT2D eigenvalue weighted by Crippen LogP contribution is -2.56.